The summed E-state index contributed by atoms with van der Waals surface area (Å²) in [4.78, 5) is 18.7. The molecule has 0 aromatic carbocycles. The lowest BCUT2D eigenvalue weighted by Gasteiger charge is -2.27. The Morgan fingerprint density at radius 1 is 1.63 bits per heavy atom. The molecule has 1 unspecified atom stereocenters. The first-order valence-corrected chi connectivity index (χ1v) is 7.41. The zero-order chi connectivity index (χ0) is 13.2. The second-order valence-corrected chi connectivity index (χ2v) is 5.74. The van der Waals surface area contributed by atoms with Gasteiger partial charge in [-0.25, -0.2) is 4.98 Å². The number of ether oxygens (including phenoxy) is 1. The number of aldehydes is 1. The summed E-state index contributed by atoms with van der Waals surface area (Å²) in [6.45, 7) is 1.63. The van der Waals surface area contributed by atoms with Crippen LogP contribution in [0.2, 0.25) is 0 Å². The minimum Gasteiger partial charge on any atom is -0.376 e. The Morgan fingerprint density at radius 2 is 2.53 bits per heavy atom. The summed E-state index contributed by atoms with van der Waals surface area (Å²) in [5.74, 6) is 0.746. The highest BCUT2D eigenvalue weighted by atomic mass is 32.1. The molecular formula is C13H17N3O2S. The fraction of sp³-hybridized carbons (Fsp3) is 0.538. The molecular weight excluding hydrogens is 262 g/mol. The van der Waals surface area contributed by atoms with Gasteiger partial charge in [0.05, 0.1) is 6.10 Å². The Kier molecular flexibility index (Phi) is 3.52. The standard InChI is InChI=1S/C13H17N3O2S/c1-15(8-10-4-2-3-6-18-10)12-11(9-17)16-5-7-19-13(16)14-12/h5,7,9-10H,2-4,6,8H2,1H3. The van der Waals surface area contributed by atoms with Gasteiger partial charge in [-0.3, -0.25) is 9.20 Å². The Bertz CT molecular complexity index is 571. The molecule has 3 heterocycles. The van der Waals surface area contributed by atoms with Crippen molar-refractivity contribution in [2.75, 3.05) is 25.1 Å². The van der Waals surface area contributed by atoms with E-state index in [0.717, 1.165) is 43.1 Å². The highest BCUT2D eigenvalue weighted by Gasteiger charge is 2.21. The van der Waals surface area contributed by atoms with Crippen molar-refractivity contribution in [3.8, 4) is 0 Å². The fourth-order valence-electron chi connectivity index (χ4n) is 2.53. The van der Waals surface area contributed by atoms with Crippen LogP contribution in [0.3, 0.4) is 0 Å². The minimum absolute atomic E-state index is 0.248. The monoisotopic (exact) mass is 279 g/mol. The van der Waals surface area contributed by atoms with Crippen molar-refractivity contribution in [2.45, 2.75) is 25.4 Å². The molecule has 1 aliphatic rings. The molecule has 2 aromatic rings. The van der Waals surface area contributed by atoms with E-state index in [2.05, 4.69) is 4.98 Å². The zero-order valence-electron chi connectivity index (χ0n) is 10.9. The zero-order valence-corrected chi connectivity index (χ0v) is 11.7. The maximum Gasteiger partial charge on any atom is 0.196 e. The van der Waals surface area contributed by atoms with Gasteiger partial charge in [-0.05, 0) is 19.3 Å². The van der Waals surface area contributed by atoms with Crippen molar-refractivity contribution in [2.24, 2.45) is 0 Å². The van der Waals surface area contributed by atoms with E-state index in [1.54, 1.807) is 0 Å². The van der Waals surface area contributed by atoms with Gasteiger partial charge in [-0.15, -0.1) is 11.3 Å². The third-order valence-corrected chi connectivity index (χ3v) is 4.26. The number of fused-ring (bicyclic) bond motifs is 1. The maximum atomic E-state index is 11.3. The van der Waals surface area contributed by atoms with E-state index in [0.29, 0.717) is 5.69 Å². The first kappa shape index (κ1) is 12.6. The molecule has 0 spiro atoms. The van der Waals surface area contributed by atoms with Gasteiger partial charge in [-0.2, -0.15) is 0 Å². The van der Waals surface area contributed by atoms with Crippen LogP contribution < -0.4 is 4.90 Å². The second-order valence-electron chi connectivity index (χ2n) is 4.86. The number of thiazole rings is 1. The third kappa shape index (κ3) is 2.37. The molecule has 0 aliphatic carbocycles. The molecule has 1 saturated heterocycles. The van der Waals surface area contributed by atoms with Crippen LogP contribution in [0.5, 0.6) is 0 Å². The number of rotatable bonds is 4. The van der Waals surface area contributed by atoms with Crippen LogP contribution in [0.4, 0.5) is 5.82 Å². The smallest absolute Gasteiger partial charge is 0.196 e. The van der Waals surface area contributed by atoms with Crippen molar-refractivity contribution in [3.05, 3.63) is 17.3 Å². The largest absolute Gasteiger partial charge is 0.376 e. The molecule has 5 nitrogen and oxygen atoms in total. The van der Waals surface area contributed by atoms with Gasteiger partial charge in [0.1, 0.15) is 5.69 Å². The predicted octanol–water partition coefficient (Wildman–Crippen LogP) is 2.21. The fourth-order valence-corrected chi connectivity index (χ4v) is 3.24. The molecule has 1 atom stereocenters. The van der Waals surface area contributed by atoms with Gasteiger partial charge in [0.15, 0.2) is 17.1 Å². The van der Waals surface area contributed by atoms with Crippen molar-refractivity contribution in [3.63, 3.8) is 0 Å². The van der Waals surface area contributed by atoms with Gasteiger partial charge in [-0.1, -0.05) is 0 Å². The number of anilines is 1. The number of hydrogen-bond acceptors (Lipinski definition) is 5. The molecule has 2 aromatic heterocycles. The molecule has 1 fully saturated rings. The van der Waals surface area contributed by atoms with Crippen LogP contribution in [0, 0.1) is 0 Å². The number of likely N-dealkylation sites (N-methyl/N-ethyl adjacent to an activating group) is 1. The highest BCUT2D eigenvalue weighted by Crippen LogP contribution is 2.24. The number of carbonyl (C=O) groups is 1. The Hall–Kier alpha value is -1.40. The number of carbonyl (C=O) groups excluding carboxylic acids is 1. The molecule has 3 rings (SSSR count). The summed E-state index contributed by atoms with van der Waals surface area (Å²) >= 11 is 1.54. The van der Waals surface area contributed by atoms with E-state index in [1.165, 1.54) is 17.8 Å². The van der Waals surface area contributed by atoms with E-state index < -0.39 is 0 Å². The Labute approximate surface area is 115 Å². The van der Waals surface area contributed by atoms with Gasteiger partial charge in [0, 0.05) is 31.8 Å². The number of hydrogen-bond donors (Lipinski definition) is 0. The van der Waals surface area contributed by atoms with E-state index in [9.17, 15) is 4.79 Å². The molecule has 0 N–H and O–H groups in total. The SMILES string of the molecule is CN(CC1CCCCO1)c1nc2sccn2c1C=O. The molecule has 0 bridgehead atoms. The quantitative estimate of drug-likeness (QED) is 0.805. The topological polar surface area (TPSA) is 46.8 Å². The number of nitrogens with zero attached hydrogens (tertiary/aromatic N) is 3. The van der Waals surface area contributed by atoms with Gasteiger partial charge in [0.2, 0.25) is 0 Å². The van der Waals surface area contributed by atoms with E-state index in [1.807, 2.05) is 27.9 Å². The predicted molar refractivity (Wildman–Crippen MR) is 75.3 cm³/mol. The molecule has 19 heavy (non-hydrogen) atoms. The van der Waals surface area contributed by atoms with Gasteiger partial charge >= 0.3 is 0 Å². The molecule has 0 saturated carbocycles. The summed E-state index contributed by atoms with van der Waals surface area (Å²) in [6.07, 6.45) is 6.46. The van der Waals surface area contributed by atoms with Crippen LogP contribution >= 0.6 is 11.3 Å². The van der Waals surface area contributed by atoms with Crippen LogP contribution in [0.15, 0.2) is 11.6 Å². The average Bonchev–Trinajstić information content (AvgIpc) is 2.99. The summed E-state index contributed by atoms with van der Waals surface area (Å²) in [6, 6.07) is 0. The van der Waals surface area contributed by atoms with Crippen molar-refractivity contribution >= 4 is 28.4 Å². The third-order valence-electron chi connectivity index (χ3n) is 3.50. The molecule has 6 heteroatoms. The lowest BCUT2D eigenvalue weighted by molar-refractivity contribution is 0.0215. The van der Waals surface area contributed by atoms with E-state index in [-0.39, 0.29) is 6.10 Å². The summed E-state index contributed by atoms with van der Waals surface area (Å²) < 4.78 is 7.58. The molecule has 0 amide bonds. The second kappa shape index (κ2) is 5.30. The molecule has 0 radical (unpaired) electrons. The van der Waals surface area contributed by atoms with Crippen LogP contribution in [0.1, 0.15) is 29.8 Å². The Morgan fingerprint density at radius 3 is 3.26 bits per heavy atom. The summed E-state index contributed by atoms with van der Waals surface area (Å²) in [7, 11) is 1.97. The Balaban J connectivity index is 1.81. The van der Waals surface area contributed by atoms with Crippen molar-refractivity contribution < 1.29 is 9.53 Å². The summed E-state index contributed by atoms with van der Waals surface area (Å²) in [5, 5.41) is 1.93. The summed E-state index contributed by atoms with van der Waals surface area (Å²) in [5.41, 5.74) is 0.620. The van der Waals surface area contributed by atoms with Gasteiger partial charge < -0.3 is 9.64 Å². The van der Waals surface area contributed by atoms with Crippen LogP contribution in [0.25, 0.3) is 4.96 Å². The molecule has 1 aliphatic heterocycles. The van der Waals surface area contributed by atoms with Crippen LogP contribution in [-0.4, -0.2) is 42.0 Å². The number of aromatic nitrogens is 2. The van der Waals surface area contributed by atoms with Gasteiger partial charge in [0.25, 0.3) is 0 Å². The number of imidazole rings is 1. The maximum absolute atomic E-state index is 11.3. The normalized spacial score (nSPS) is 19.7. The van der Waals surface area contributed by atoms with Crippen LogP contribution in [-0.2, 0) is 4.74 Å². The highest BCUT2D eigenvalue weighted by molar-refractivity contribution is 7.15. The average molecular weight is 279 g/mol. The van der Waals surface area contributed by atoms with E-state index >= 15 is 0 Å². The lowest BCUT2D eigenvalue weighted by Crippen LogP contribution is -2.34. The molecule has 102 valence electrons. The minimum atomic E-state index is 0.248. The van der Waals surface area contributed by atoms with E-state index in [4.69, 9.17) is 4.74 Å². The van der Waals surface area contributed by atoms with Crippen molar-refractivity contribution in [1.29, 1.82) is 0 Å². The lowest BCUT2D eigenvalue weighted by atomic mass is 10.1. The first-order valence-electron chi connectivity index (χ1n) is 6.53. The first-order chi connectivity index (χ1) is 9.29. The van der Waals surface area contributed by atoms with Crippen molar-refractivity contribution in [1.82, 2.24) is 9.38 Å².